The summed E-state index contributed by atoms with van der Waals surface area (Å²) in [5.74, 6) is 2.35. The van der Waals surface area contributed by atoms with E-state index in [0.717, 1.165) is 30.7 Å². The van der Waals surface area contributed by atoms with E-state index in [9.17, 15) is 5.11 Å². The number of methoxy groups -OCH3 is 1. The molecule has 1 aliphatic heterocycles. The minimum atomic E-state index is -0.951. The Hall–Kier alpha value is -1.92. The smallest absolute Gasteiger partial charge is 0.229 e. The monoisotopic (exact) mass is 345 g/mol. The van der Waals surface area contributed by atoms with E-state index in [0.29, 0.717) is 18.3 Å². The van der Waals surface area contributed by atoms with Gasteiger partial charge in [-0.15, -0.1) is 0 Å². The Kier molecular flexibility index (Phi) is 5.11. The molecule has 1 saturated heterocycles. The first kappa shape index (κ1) is 17.9. The molecule has 2 atom stereocenters. The Morgan fingerprint density at radius 1 is 1.36 bits per heavy atom. The second-order valence-electron chi connectivity index (χ2n) is 7.21. The Balaban J connectivity index is 1.76. The Bertz CT molecular complexity index is 694. The Labute approximate surface area is 148 Å². The normalized spacial score (nSPS) is 20.8. The second kappa shape index (κ2) is 7.14. The molecule has 1 aliphatic rings. The number of aromatic nitrogens is 2. The van der Waals surface area contributed by atoms with E-state index < -0.39 is 5.60 Å². The van der Waals surface area contributed by atoms with E-state index >= 15 is 0 Å². The molecule has 0 bridgehead atoms. The summed E-state index contributed by atoms with van der Waals surface area (Å²) in [6.45, 7) is 7.46. The van der Waals surface area contributed by atoms with Crippen LogP contribution in [0.2, 0.25) is 0 Å². The van der Waals surface area contributed by atoms with Gasteiger partial charge in [-0.25, -0.2) is 0 Å². The van der Waals surface area contributed by atoms with Crippen LogP contribution in [0.3, 0.4) is 0 Å². The summed E-state index contributed by atoms with van der Waals surface area (Å²) in [4.78, 5) is 6.72. The van der Waals surface area contributed by atoms with Gasteiger partial charge in [-0.1, -0.05) is 31.1 Å². The van der Waals surface area contributed by atoms with Crippen molar-refractivity contribution < 1.29 is 14.4 Å². The number of benzene rings is 1. The van der Waals surface area contributed by atoms with Gasteiger partial charge in [-0.3, -0.25) is 4.90 Å². The van der Waals surface area contributed by atoms with Gasteiger partial charge in [0.1, 0.15) is 11.4 Å². The van der Waals surface area contributed by atoms with Crippen LogP contribution in [0, 0.1) is 0 Å². The van der Waals surface area contributed by atoms with Crippen LogP contribution in [0.15, 0.2) is 28.8 Å². The topological polar surface area (TPSA) is 71.6 Å². The molecule has 2 aromatic rings. The summed E-state index contributed by atoms with van der Waals surface area (Å²) in [5.41, 5.74) is -0.0610. The lowest BCUT2D eigenvalue weighted by Gasteiger charge is -2.36. The fraction of sp³-hybridized carbons (Fsp3) is 0.579. The summed E-state index contributed by atoms with van der Waals surface area (Å²) < 4.78 is 10.5. The molecule has 6 nitrogen and oxygen atoms in total. The first-order valence-corrected chi connectivity index (χ1v) is 8.85. The van der Waals surface area contributed by atoms with Crippen molar-refractivity contribution in [2.24, 2.45) is 0 Å². The number of likely N-dealkylation sites (tertiary alicyclic amines) is 1. The SMILES string of the molecule is COc1ccc([C@@](C)(O)[C@H]2CCCN2Cc2noc(C(C)C)n2)cc1. The third-order valence-electron chi connectivity index (χ3n) is 5.01. The molecule has 136 valence electrons. The molecule has 6 heteroatoms. The van der Waals surface area contributed by atoms with Gasteiger partial charge in [-0.2, -0.15) is 4.98 Å². The molecule has 0 unspecified atom stereocenters. The average molecular weight is 345 g/mol. The molecule has 1 aromatic carbocycles. The molecular formula is C19H27N3O3. The maximum absolute atomic E-state index is 11.2. The zero-order chi connectivity index (χ0) is 18.0. The van der Waals surface area contributed by atoms with E-state index in [-0.39, 0.29) is 12.0 Å². The molecular weight excluding hydrogens is 318 g/mol. The molecule has 0 amide bonds. The third-order valence-corrected chi connectivity index (χ3v) is 5.01. The highest BCUT2D eigenvalue weighted by Crippen LogP contribution is 2.36. The minimum absolute atomic E-state index is 0.0156. The maximum atomic E-state index is 11.2. The van der Waals surface area contributed by atoms with E-state index in [1.807, 2.05) is 45.0 Å². The quantitative estimate of drug-likeness (QED) is 0.867. The van der Waals surface area contributed by atoms with Crippen molar-refractivity contribution in [1.29, 1.82) is 0 Å². The van der Waals surface area contributed by atoms with E-state index in [4.69, 9.17) is 9.26 Å². The number of hydrogen-bond acceptors (Lipinski definition) is 6. The number of rotatable bonds is 6. The van der Waals surface area contributed by atoms with Crippen LogP contribution in [0.5, 0.6) is 5.75 Å². The molecule has 0 saturated carbocycles. The van der Waals surface area contributed by atoms with Crippen molar-refractivity contribution in [3.63, 3.8) is 0 Å². The molecule has 2 heterocycles. The van der Waals surface area contributed by atoms with Gasteiger partial charge >= 0.3 is 0 Å². The molecule has 3 rings (SSSR count). The van der Waals surface area contributed by atoms with Gasteiger partial charge < -0.3 is 14.4 Å². The first-order valence-electron chi connectivity index (χ1n) is 8.85. The van der Waals surface area contributed by atoms with Gasteiger partial charge in [0.25, 0.3) is 0 Å². The highest BCUT2D eigenvalue weighted by Gasteiger charge is 2.40. The van der Waals surface area contributed by atoms with Crippen LogP contribution >= 0.6 is 0 Å². The standard InChI is InChI=1S/C19H27N3O3/c1-13(2)18-20-17(21-25-18)12-22-11-5-6-16(22)19(3,23)14-7-9-15(24-4)10-8-14/h7-10,13,16,23H,5-6,11-12H2,1-4H3/t16-,19-/m1/s1. The second-order valence-corrected chi connectivity index (χ2v) is 7.21. The van der Waals surface area contributed by atoms with Gasteiger partial charge in [0, 0.05) is 12.0 Å². The zero-order valence-corrected chi connectivity index (χ0v) is 15.4. The number of nitrogens with zero attached hydrogens (tertiary/aromatic N) is 3. The molecule has 1 aromatic heterocycles. The van der Waals surface area contributed by atoms with Crippen LogP contribution in [-0.4, -0.2) is 39.8 Å². The predicted molar refractivity (Wildman–Crippen MR) is 94.4 cm³/mol. The fourth-order valence-corrected chi connectivity index (χ4v) is 3.52. The van der Waals surface area contributed by atoms with Gasteiger partial charge in [0.15, 0.2) is 5.82 Å². The maximum Gasteiger partial charge on any atom is 0.229 e. The minimum Gasteiger partial charge on any atom is -0.497 e. The molecule has 0 aliphatic carbocycles. The van der Waals surface area contributed by atoms with Gasteiger partial charge in [-0.05, 0) is 44.0 Å². The van der Waals surface area contributed by atoms with E-state index in [1.165, 1.54) is 0 Å². The van der Waals surface area contributed by atoms with Crippen molar-refractivity contribution in [2.45, 2.75) is 57.7 Å². The van der Waals surface area contributed by atoms with E-state index in [2.05, 4.69) is 15.0 Å². The van der Waals surface area contributed by atoms with Crippen molar-refractivity contribution in [1.82, 2.24) is 15.0 Å². The van der Waals surface area contributed by atoms with E-state index in [1.54, 1.807) is 7.11 Å². The molecule has 0 radical (unpaired) electrons. The van der Waals surface area contributed by atoms with Crippen LogP contribution < -0.4 is 4.74 Å². The molecule has 1 fully saturated rings. The number of aliphatic hydroxyl groups is 1. The lowest BCUT2D eigenvalue weighted by molar-refractivity contribution is -0.0262. The zero-order valence-electron chi connectivity index (χ0n) is 15.4. The van der Waals surface area contributed by atoms with Crippen molar-refractivity contribution >= 4 is 0 Å². The lowest BCUT2D eigenvalue weighted by atomic mass is 9.86. The molecule has 0 spiro atoms. The molecule has 25 heavy (non-hydrogen) atoms. The van der Waals surface area contributed by atoms with Crippen LogP contribution in [0.1, 0.15) is 56.8 Å². The van der Waals surface area contributed by atoms with Crippen LogP contribution in [0.25, 0.3) is 0 Å². The lowest BCUT2D eigenvalue weighted by Crippen LogP contribution is -2.45. The summed E-state index contributed by atoms with van der Waals surface area (Å²) in [5, 5.41) is 15.3. The van der Waals surface area contributed by atoms with Gasteiger partial charge in [0.2, 0.25) is 5.89 Å². The predicted octanol–water partition coefficient (Wildman–Crippen LogP) is 3.07. The summed E-state index contributed by atoms with van der Waals surface area (Å²) >= 11 is 0. The van der Waals surface area contributed by atoms with Crippen molar-refractivity contribution in [3.05, 3.63) is 41.5 Å². The van der Waals surface area contributed by atoms with Crippen LogP contribution in [-0.2, 0) is 12.1 Å². The average Bonchev–Trinajstić information content (AvgIpc) is 3.25. The third kappa shape index (κ3) is 3.70. The highest BCUT2D eigenvalue weighted by atomic mass is 16.5. The first-order chi connectivity index (χ1) is 11.9. The van der Waals surface area contributed by atoms with Gasteiger partial charge in [0.05, 0.1) is 13.7 Å². The Morgan fingerprint density at radius 2 is 2.08 bits per heavy atom. The summed E-state index contributed by atoms with van der Waals surface area (Å²) in [7, 11) is 1.64. The number of ether oxygens (including phenoxy) is 1. The summed E-state index contributed by atoms with van der Waals surface area (Å²) in [6.07, 6.45) is 1.99. The van der Waals surface area contributed by atoms with Crippen molar-refractivity contribution in [2.75, 3.05) is 13.7 Å². The Morgan fingerprint density at radius 3 is 2.68 bits per heavy atom. The highest BCUT2D eigenvalue weighted by molar-refractivity contribution is 5.31. The number of hydrogen-bond donors (Lipinski definition) is 1. The fourth-order valence-electron chi connectivity index (χ4n) is 3.52. The molecule has 1 N–H and O–H groups in total. The van der Waals surface area contributed by atoms with Crippen LogP contribution in [0.4, 0.5) is 0 Å². The largest absolute Gasteiger partial charge is 0.497 e. The summed E-state index contributed by atoms with van der Waals surface area (Å²) in [6, 6.07) is 7.65. The van der Waals surface area contributed by atoms with Crippen molar-refractivity contribution in [3.8, 4) is 5.75 Å².